The maximum atomic E-state index is 13.1. The number of carbonyl (C=O) groups excluding carboxylic acids is 1. The standard InChI is InChI=1S/C34H42N9O2Si/c1-4-6-9-17-37-31(44)24-12-10-18-43(22-24)29-21-38-32(39-25-14-15-27(42-35)28(19-25)36-16-5-2)40-30(29)41-34(46)26-13-8-7-11-23(26)20-33(34,3)45/h2,7-8,11,13-15,19,21,24,35-36,45H,4,6,9-10,12,16-18,20,22H2,1,3H3,(H,37,44)(H2,38,39,40,41)/t24-,33-,34+/m0/s1. The topological polar surface area (TPSA) is 151 Å². The maximum Gasteiger partial charge on any atom is 0.229 e. The fraction of sp³-hybridized carbons (Fsp3) is 0.441. The Morgan fingerprint density at radius 3 is 2.89 bits per heavy atom. The molecule has 239 valence electrons. The van der Waals surface area contributed by atoms with Gasteiger partial charge >= 0.3 is 0 Å². The summed E-state index contributed by atoms with van der Waals surface area (Å²) in [6.45, 7) is 6.21. The first-order chi connectivity index (χ1) is 22.2. The molecule has 2 aliphatic rings. The Balaban J connectivity index is 1.47. The zero-order valence-corrected chi connectivity index (χ0v) is 27.5. The highest BCUT2D eigenvalue weighted by Gasteiger charge is 2.51. The molecule has 1 fully saturated rings. The van der Waals surface area contributed by atoms with Crippen LogP contribution in [0, 0.1) is 23.8 Å². The van der Waals surface area contributed by atoms with Gasteiger partial charge in [0.05, 0.1) is 51.0 Å². The van der Waals surface area contributed by atoms with Crippen LogP contribution in [0.4, 0.5) is 34.5 Å². The number of piperidine rings is 1. The van der Waals surface area contributed by atoms with Gasteiger partial charge < -0.3 is 31.3 Å². The Kier molecular flexibility index (Phi) is 10.2. The molecule has 3 atom stereocenters. The lowest BCUT2D eigenvalue weighted by Gasteiger charge is -2.41. The van der Waals surface area contributed by atoms with Crippen LogP contribution in [-0.2, 0) is 16.4 Å². The highest BCUT2D eigenvalue weighted by molar-refractivity contribution is 6.19. The lowest BCUT2D eigenvalue weighted by molar-refractivity contribution is -0.125. The Bertz CT molecular complexity index is 1610. The smallest absolute Gasteiger partial charge is 0.229 e. The van der Waals surface area contributed by atoms with Crippen molar-refractivity contribution in [2.75, 3.05) is 47.0 Å². The number of aliphatic hydroxyl groups is 1. The number of hydrogen-bond acceptors (Lipinski definition) is 10. The molecule has 3 aromatic rings. The predicted molar refractivity (Wildman–Crippen MR) is 183 cm³/mol. The summed E-state index contributed by atoms with van der Waals surface area (Å²) in [7, 11) is 3.97. The van der Waals surface area contributed by atoms with Crippen LogP contribution in [0.1, 0.15) is 57.1 Å². The van der Waals surface area contributed by atoms with Gasteiger partial charge in [0.1, 0.15) is 5.69 Å². The second-order valence-electron chi connectivity index (χ2n) is 12.2. The van der Waals surface area contributed by atoms with Crippen LogP contribution in [0.15, 0.2) is 53.8 Å². The van der Waals surface area contributed by atoms with Gasteiger partial charge in [-0.1, -0.05) is 50.0 Å². The van der Waals surface area contributed by atoms with Crippen LogP contribution in [-0.4, -0.2) is 63.0 Å². The number of aromatic nitrogens is 2. The Morgan fingerprint density at radius 2 is 2.11 bits per heavy atom. The van der Waals surface area contributed by atoms with E-state index >= 15 is 0 Å². The third kappa shape index (κ3) is 7.00. The van der Waals surface area contributed by atoms with E-state index in [2.05, 4.69) is 59.4 Å². The number of unbranched alkanes of at least 4 members (excludes halogenated alkanes) is 2. The van der Waals surface area contributed by atoms with Gasteiger partial charge in [-0.05, 0) is 55.5 Å². The van der Waals surface area contributed by atoms with Crippen molar-refractivity contribution in [2.45, 2.75) is 63.1 Å². The number of benzene rings is 2. The molecule has 0 bridgehead atoms. The third-order valence-corrected chi connectivity index (χ3v) is 9.74. The second kappa shape index (κ2) is 14.3. The zero-order chi connectivity index (χ0) is 32.7. The van der Waals surface area contributed by atoms with Gasteiger partial charge in [-0.25, -0.2) is 10.5 Å². The zero-order valence-electron chi connectivity index (χ0n) is 26.5. The van der Waals surface area contributed by atoms with Gasteiger partial charge in [0, 0.05) is 31.7 Å². The highest BCUT2D eigenvalue weighted by atomic mass is 28.1. The number of terminal acetylenes is 1. The SMILES string of the molecule is C#CCNc1cc(Nc2ncc(N3CCC[C@H](C(=O)NCCCCC)C3)c(N[C@@]3([Si])c4ccccc4C[C@]3(C)O)n2)ccc1N=N. The molecule has 12 heteroatoms. The molecule has 1 aromatic heterocycles. The number of nitrogens with one attached hydrogen (secondary N) is 5. The van der Waals surface area contributed by atoms with Crippen molar-refractivity contribution in [3.05, 3.63) is 59.8 Å². The minimum Gasteiger partial charge on any atom is -0.387 e. The van der Waals surface area contributed by atoms with Crippen molar-refractivity contribution < 1.29 is 9.90 Å². The summed E-state index contributed by atoms with van der Waals surface area (Å²) < 4.78 is 0. The molecule has 1 saturated heterocycles. The monoisotopic (exact) mass is 636 g/mol. The van der Waals surface area contributed by atoms with E-state index in [0.29, 0.717) is 48.3 Å². The van der Waals surface area contributed by atoms with Gasteiger partial charge in [-0.15, -0.1) is 6.42 Å². The second-order valence-corrected chi connectivity index (χ2v) is 13.0. The molecule has 0 saturated carbocycles. The number of anilines is 5. The van der Waals surface area contributed by atoms with Crippen molar-refractivity contribution in [3.8, 4) is 12.3 Å². The van der Waals surface area contributed by atoms with Crippen LogP contribution in [0.25, 0.3) is 0 Å². The molecule has 11 nitrogen and oxygen atoms in total. The fourth-order valence-electron chi connectivity index (χ4n) is 6.24. The van der Waals surface area contributed by atoms with Gasteiger partial charge in [0.15, 0.2) is 5.82 Å². The largest absolute Gasteiger partial charge is 0.387 e. The lowest BCUT2D eigenvalue weighted by Crippen LogP contribution is -2.53. The van der Waals surface area contributed by atoms with Gasteiger partial charge in [0.2, 0.25) is 11.9 Å². The van der Waals surface area contributed by atoms with E-state index in [0.717, 1.165) is 55.5 Å². The first-order valence-corrected chi connectivity index (χ1v) is 16.4. The summed E-state index contributed by atoms with van der Waals surface area (Å²) in [5.41, 5.74) is 10.8. The number of hydrogen-bond donors (Lipinski definition) is 6. The molecule has 1 aliphatic carbocycles. The molecule has 2 aromatic carbocycles. The van der Waals surface area contributed by atoms with E-state index in [4.69, 9.17) is 16.9 Å². The first kappa shape index (κ1) is 32.9. The van der Waals surface area contributed by atoms with Crippen LogP contribution in [0.3, 0.4) is 0 Å². The molecule has 2 heterocycles. The average molecular weight is 637 g/mol. The summed E-state index contributed by atoms with van der Waals surface area (Å²) in [5, 5.41) is 27.3. The van der Waals surface area contributed by atoms with E-state index in [1.807, 2.05) is 24.3 Å². The molecule has 1 aliphatic heterocycles. The lowest BCUT2D eigenvalue weighted by atomic mass is 9.95. The molecule has 5 rings (SSSR count). The molecule has 6 N–H and O–H groups in total. The van der Waals surface area contributed by atoms with Crippen molar-refractivity contribution in [1.82, 2.24) is 15.3 Å². The summed E-state index contributed by atoms with van der Waals surface area (Å²) in [4.78, 5) is 24.9. The number of amides is 1. The molecule has 1 amide bonds. The fourth-order valence-corrected chi connectivity index (χ4v) is 6.69. The van der Waals surface area contributed by atoms with Crippen molar-refractivity contribution in [1.29, 1.82) is 5.53 Å². The van der Waals surface area contributed by atoms with Gasteiger partial charge in [-0.3, -0.25) is 4.79 Å². The van der Waals surface area contributed by atoms with E-state index in [-0.39, 0.29) is 18.4 Å². The predicted octanol–water partition coefficient (Wildman–Crippen LogP) is 5.19. The van der Waals surface area contributed by atoms with Crippen molar-refractivity contribution in [3.63, 3.8) is 0 Å². The molecule has 3 radical (unpaired) electrons. The molecular weight excluding hydrogens is 595 g/mol. The van der Waals surface area contributed by atoms with Crippen molar-refractivity contribution >= 4 is 50.7 Å². The van der Waals surface area contributed by atoms with Gasteiger partial charge in [-0.2, -0.15) is 10.1 Å². The maximum absolute atomic E-state index is 13.1. The van der Waals surface area contributed by atoms with E-state index < -0.39 is 10.8 Å². The molecular formula is C34H42N9O2Si. The van der Waals surface area contributed by atoms with Crippen LogP contribution < -0.4 is 26.2 Å². The quantitative estimate of drug-likeness (QED) is 0.0650. The number of rotatable bonds is 13. The highest BCUT2D eigenvalue weighted by Crippen LogP contribution is 2.45. The van der Waals surface area contributed by atoms with Crippen LogP contribution in [0.5, 0.6) is 0 Å². The van der Waals surface area contributed by atoms with Crippen molar-refractivity contribution in [2.24, 2.45) is 11.0 Å². The Hall–Kier alpha value is -4.47. The average Bonchev–Trinajstić information content (AvgIpc) is 3.26. The normalized spacial score (nSPS) is 22.0. The molecule has 46 heavy (non-hydrogen) atoms. The first-order valence-electron chi connectivity index (χ1n) is 15.9. The van der Waals surface area contributed by atoms with E-state index in [9.17, 15) is 9.90 Å². The number of fused-ring (bicyclic) bond motifs is 1. The van der Waals surface area contributed by atoms with E-state index in [1.165, 1.54) is 0 Å². The number of nitrogens with zero attached hydrogens (tertiary/aromatic N) is 4. The molecule has 0 spiro atoms. The Labute approximate surface area is 274 Å². The van der Waals surface area contributed by atoms with Crippen LogP contribution >= 0.6 is 0 Å². The number of carbonyl (C=O) groups is 1. The summed E-state index contributed by atoms with van der Waals surface area (Å²) >= 11 is 0. The van der Waals surface area contributed by atoms with Gasteiger partial charge in [0.25, 0.3) is 0 Å². The van der Waals surface area contributed by atoms with E-state index in [1.54, 1.807) is 31.3 Å². The van der Waals surface area contributed by atoms with Crippen LogP contribution in [0.2, 0.25) is 0 Å². The summed E-state index contributed by atoms with van der Waals surface area (Å²) in [6.07, 6.45) is 12.5. The summed E-state index contributed by atoms with van der Waals surface area (Å²) in [5.74, 6) is 3.30. The Morgan fingerprint density at radius 1 is 1.28 bits per heavy atom. The summed E-state index contributed by atoms with van der Waals surface area (Å²) in [6, 6.07) is 13.2. The molecule has 0 unspecified atom stereocenters. The third-order valence-electron chi connectivity index (χ3n) is 8.81. The minimum absolute atomic E-state index is 0.0795. The minimum atomic E-state index is -1.18.